The molecule has 0 unspecified atom stereocenters. The maximum atomic E-state index is 13.4. The van der Waals surface area contributed by atoms with Crippen molar-refractivity contribution in [2.24, 2.45) is 0 Å². The van der Waals surface area contributed by atoms with Crippen LogP contribution in [0.25, 0.3) is 0 Å². The zero-order valence-electron chi connectivity index (χ0n) is 7.98. The molecule has 14 heavy (non-hydrogen) atoms. The largest absolute Gasteiger partial charge is 0.383 e. The number of fused-ring (bicyclic) bond motifs is 1. The van der Waals surface area contributed by atoms with E-state index in [0.29, 0.717) is 3.57 Å². The number of nitrogens with one attached hydrogen (secondary N) is 1. The summed E-state index contributed by atoms with van der Waals surface area (Å²) in [6.45, 7) is 1.93. The third-order valence-corrected chi connectivity index (χ3v) is 3.26. The van der Waals surface area contributed by atoms with Gasteiger partial charge in [-0.1, -0.05) is 0 Å². The van der Waals surface area contributed by atoms with Crippen LogP contribution in [0.5, 0.6) is 0 Å². The summed E-state index contributed by atoms with van der Waals surface area (Å²) in [5.74, 6) is -0.139. The second-order valence-electron chi connectivity index (χ2n) is 3.49. The van der Waals surface area contributed by atoms with Gasteiger partial charge in [0.2, 0.25) is 0 Å². The Morgan fingerprint density at radius 1 is 1.50 bits per heavy atom. The molecule has 0 aliphatic carbocycles. The number of anilines is 2. The quantitative estimate of drug-likeness (QED) is 0.741. The van der Waals surface area contributed by atoms with Gasteiger partial charge in [-0.2, -0.15) is 0 Å². The van der Waals surface area contributed by atoms with Crippen molar-refractivity contribution in [2.75, 3.05) is 30.4 Å². The molecule has 1 aliphatic rings. The van der Waals surface area contributed by atoms with Crippen molar-refractivity contribution in [3.05, 3.63) is 21.5 Å². The van der Waals surface area contributed by atoms with Crippen molar-refractivity contribution in [2.45, 2.75) is 6.42 Å². The van der Waals surface area contributed by atoms with Crippen LogP contribution in [0.3, 0.4) is 0 Å². The van der Waals surface area contributed by atoms with Crippen LogP contribution in [0.15, 0.2) is 12.1 Å². The number of nitrogens with zero attached hydrogens (tertiary/aromatic N) is 1. The second kappa shape index (κ2) is 3.92. The fourth-order valence-corrected chi connectivity index (χ4v) is 2.12. The fourth-order valence-electron chi connectivity index (χ4n) is 1.65. The van der Waals surface area contributed by atoms with Crippen molar-refractivity contribution in [1.29, 1.82) is 0 Å². The predicted molar refractivity (Wildman–Crippen MR) is 65.5 cm³/mol. The minimum atomic E-state index is -0.139. The van der Waals surface area contributed by atoms with Gasteiger partial charge in [-0.25, -0.2) is 4.39 Å². The SMILES string of the molecule is CN1CCCNc2cc(I)c(F)cc21. The molecule has 0 amide bonds. The Kier molecular flexibility index (Phi) is 2.80. The molecule has 4 heteroatoms. The molecule has 0 fully saturated rings. The van der Waals surface area contributed by atoms with E-state index in [4.69, 9.17) is 0 Å². The van der Waals surface area contributed by atoms with Crippen LogP contribution in [0.2, 0.25) is 0 Å². The van der Waals surface area contributed by atoms with Crippen LogP contribution >= 0.6 is 22.6 Å². The van der Waals surface area contributed by atoms with E-state index in [1.807, 2.05) is 35.7 Å². The van der Waals surface area contributed by atoms with Gasteiger partial charge in [0.05, 0.1) is 14.9 Å². The number of hydrogen-bond acceptors (Lipinski definition) is 2. The smallest absolute Gasteiger partial charge is 0.138 e. The summed E-state index contributed by atoms with van der Waals surface area (Å²) < 4.78 is 14.0. The van der Waals surface area contributed by atoms with Gasteiger partial charge in [-0.3, -0.25) is 0 Å². The number of halogens is 2. The molecule has 1 aromatic carbocycles. The molecule has 0 aromatic heterocycles. The van der Waals surface area contributed by atoms with Crippen molar-refractivity contribution in [3.8, 4) is 0 Å². The highest BCUT2D eigenvalue weighted by Gasteiger charge is 2.14. The van der Waals surface area contributed by atoms with E-state index < -0.39 is 0 Å². The van der Waals surface area contributed by atoms with Crippen molar-refractivity contribution < 1.29 is 4.39 Å². The van der Waals surface area contributed by atoms with Gasteiger partial charge in [0.1, 0.15) is 5.82 Å². The Morgan fingerprint density at radius 3 is 3.07 bits per heavy atom. The van der Waals surface area contributed by atoms with E-state index in [-0.39, 0.29) is 5.82 Å². The van der Waals surface area contributed by atoms with E-state index in [2.05, 4.69) is 10.2 Å². The molecule has 0 saturated carbocycles. The van der Waals surface area contributed by atoms with Gasteiger partial charge >= 0.3 is 0 Å². The number of hydrogen-bond donors (Lipinski definition) is 1. The average molecular weight is 306 g/mol. The van der Waals surface area contributed by atoms with Crippen molar-refractivity contribution in [1.82, 2.24) is 0 Å². The number of rotatable bonds is 0. The Bertz CT molecular complexity index is 354. The lowest BCUT2D eigenvalue weighted by molar-refractivity contribution is 0.620. The Morgan fingerprint density at radius 2 is 2.29 bits per heavy atom. The average Bonchev–Trinajstić information content (AvgIpc) is 2.31. The van der Waals surface area contributed by atoms with Gasteiger partial charge in [0.25, 0.3) is 0 Å². The van der Waals surface area contributed by atoms with E-state index in [1.54, 1.807) is 6.07 Å². The van der Waals surface area contributed by atoms with Gasteiger partial charge in [-0.15, -0.1) is 0 Å². The molecule has 0 atom stereocenters. The molecule has 0 spiro atoms. The van der Waals surface area contributed by atoms with Crippen LogP contribution in [-0.4, -0.2) is 20.1 Å². The topological polar surface area (TPSA) is 15.3 Å². The summed E-state index contributed by atoms with van der Waals surface area (Å²) in [5, 5.41) is 3.31. The van der Waals surface area contributed by atoms with Gasteiger partial charge in [-0.05, 0) is 35.1 Å². The molecule has 0 bridgehead atoms. The highest BCUT2D eigenvalue weighted by molar-refractivity contribution is 14.1. The second-order valence-corrected chi connectivity index (χ2v) is 4.65. The lowest BCUT2D eigenvalue weighted by Gasteiger charge is -2.19. The zero-order chi connectivity index (χ0) is 10.1. The van der Waals surface area contributed by atoms with E-state index in [0.717, 1.165) is 30.9 Å². The Labute approximate surface area is 96.6 Å². The standard InChI is InChI=1S/C10H12FIN2/c1-14-4-2-3-13-9-6-8(12)7(11)5-10(9)14/h5-6,13H,2-4H2,1H3. The molecule has 2 rings (SSSR count). The normalized spacial score (nSPS) is 15.8. The molecule has 1 aliphatic heterocycles. The summed E-state index contributed by atoms with van der Waals surface area (Å²) in [6, 6.07) is 3.47. The molecule has 0 radical (unpaired) electrons. The van der Waals surface area contributed by atoms with Gasteiger partial charge in [0.15, 0.2) is 0 Å². The van der Waals surface area contributed by atoms with Crippen LogP contribution in [-0.2, 0) is 0 Å². The first-order valence-electron chi connectivity index (χ1n) is 4.62. The minimum Gasteiger partial charge on any atom is -0.383 e. The molecule has 1 N–H and O–H groups in total. The summed E-state index contributed by atoms with van der Waals surface area (Å²) in [5.41, 5.74) is 2.00. The van der Waals surface area contributed by atoms with Crippen LogP contribution in [0.4, 0.5) is 15.8 Å². The van der Waals surface area contributed by atoms with Crippen molar-refractivity contribution >= 4 is 34.0 Å². The molecule has 1 aromatic rings. The number of benzene rings is 1. The van der Waals surface area contributed by atoms with E-state index in [1.165, 1.54) is 0 Å². The maximum Gasteiger partial charge on any atom is 0.138 e. The predicted octanol–water partition coefficient (Wildman–Crippen LogP) is 2.68. The summed E-state index contributed by atoms with van der Waals surface area (Å²) in [4.78, 5) is 2.09. The summed E-state index contributed by atoms with van der Waals surface area (Å²) in [7, 11) is 2.00. The Balaban J connectivity index is 2.49. The first-order valence-corrected chi connectivity index (χ1v) is 5.70. The van der Waals surface area contributed by atoms with Crippen LogP contribution in [0, 0.1) is 9.39 Å². The van der Waals surface area contributed by atoms with Gasteiger partial charge in [0, 0.05) is 26.2 Å². The van der Waals surface area contributed by atoms with E-state index >= 15 is 0 Å². The minimum absolute atomic E-state index is 0.139. The van der Waals surface area contributed by atoms with Gasteiger partial charge < -0.3 is 10.2 Å². The summed E-state index contributed by atoms with van der Waals surface area (Å²) >= 11 is 2.02. The lowest BCUT2D eigenvalue weighted by Crippen LogP contribution is -2.17. The highest BCUT2D eigenvalue weighted by Crippen LogP contribution is 2.30. The Hall–Kier alpha value is -0.520. The molecule has 2 nitrogen and oxygen atoms in total. The summed E-state index contributed by atoms with van der Waals surface area (Å²) in [6.07, 6.45) is 1.09. The highest BCUT2D eigenvalue weighted by atomic mass is 127. The molecule has 1 heterocycles. The third kappa shape index (κ3) is 1.80. The molecule has 76 valence electrons. The van der Waals surface area contributed by atoms with Crippen LogP contribution < -0.4 is 10.2 Å². The lowest BCUT2D eigenvalue weighted by atomic mass is 10.2. The first-order chi connectivity index (χ1) is 6.68. The molecule has 0 saturated heterocycles. The monoisotopic (exact) mass is 306 g/mol. The zero-order valence-corrected chi connectivity index (χ0v) is 10.1. The van der Waals surface area contributed by atoms with Crippen molar-refractivity contribution in [3.63, 3.8) is 0 Å². The molecular weight excluding hydrogens is 294 g/mol. The van der Waals surface area contributed by atoms with E-state index in [9.17, 15) is 4.39 Å². The van der Waals surface area contributed by atoms with Crippen LogP contribution in [0.1, 0.15) is 6.42 Å². The first kappa shape index (κ1) is 10.0. The molecular formula is C10H12FIN2. The fraction of sp³-hybridized carbons (Fsp3) is 0.400. The maximum absolute atomic E-state index is 13.4. The third-order valence-electron chi connectivity index (χ3n) is 2.44.